The van der Waals surface area contributed by atoms with Crippen LogP contribution in [0.15, 0.2) is 23.2 Å². The minimum atomic E-state index is -4.65. The van der Waals surface area contributed by atoms with Crippen molar-refractivity contribution >= 4 is 11.9 Å². The van der Waals surface area contributed by atoms with Crippen LogP contribution in [-0.4, -0.2) is 31.6 Å². The smallest absolute Gasteiger partial charge is 0.416 e. The van der Waals surface area contributed by atoms with E-state index >= 15 is 0 Å². The van der Waals surface area contributed by atoms with Crippen molar-refractivity contribution in [3.05, 3.63) is 35.1 Å². The predicted octanol–water partition coefficient (Wildman–Crippen LogP) is 3.24. The Kier molecular flexibility index (Phi) is 8.87. The molecule has 0 aliphatic carbocycles. The van der Waals surface area contributed by atoms with Gasteiger partial charge in [0.05, 0.1) is 18.7 Å². The maximum atomic E-state index is 13.1. The fourth-order valence-electron chi connectivity index (χ4n) is 2.13. The zero-order chi connectivity index (χ0) is 19.6. The van der Waals surface area contributed by atoms with Crippen LogP contribution in [0.1, 0.15) is 37.8 Å². The summed E-state index contributed by atoms with van der Waals surface area (Å²) in [7, 11) is 0. The summed E-state index contributed by atoms with van der Waals surface area (Å²) in [6, 6.07) is 2.51. The molecule has 2 N–H and O–H groups in total. The summed E-state index contributed by atoms with van der Waals surface area (Å²) in [5.74, 6) is -0.944. The molecule has 0 saturated heterocycles. The summed E-state index contributed by atoms with van der Waals surface area (Å²) in [6.07, 6.45) is -3.93. The summed E-state index contributed by atoms with van der Waals surface area (Å²) in [5.41, 5.74) is -1.16. The number of benzene rings is 1. The molecule has 0 amide bonds. The van der Waals surface area contributed by atoms with Gasteiger partial charge in [-0.05, 0) is 38.0 Å². The van der Waals surface area contributed by atoms with Crippen LogP contribution in [0, 0.1) is 5.82 Å². The predicted molar refractivity (Wildman–Crippen MR) is 90.1 cm³/mol. The van der Waals surface area contributed by atoms with Crippen molar-refractivity contribution in [2.75, 3.05) is 19.7 Å². The maximum Gasteiger partial charge on any atom is 0.416 e. The molecule has 0 heterocycles. The summed E-state index contributed by atoms with van der Waals surface area (Å²) in [4.78, 5) is 15.3. The Labute approximate surface area is 149 Å². The van der Waals surface area contributed by atoms with Crippen LogP contribution in [0.5, 0.6) is 0 Å². The highest BCUT2D eigenvalue weighted by molar-refractivity contribution is 5.79. The lowest BCUT2D eigenvalue weighted by Crippen LogP contribution is -2.38. The molecule has 9 heteroatoms. The number of nitrogens with one attached hydrogen (secondary N) is 2. The van der Waals surface area contributed by atoms with E-state index in [9.17, 15) is 22.4 Å². The number of ether oxygens (including phenoxy) is 1. The first-order valence-electron chi connectivity index (χ1n) is 8.31. The van der Waals surface area contributed by atoms with Gasteiger partial charge < -0.3 is 15.4 Å². The number of halogens is 4. The van der Waals surface area contributed by atoms with Crippen LogP contribution in [0.3, 0.4) is 0 Å². The number of aliphatic imine (C=N–C) groups is 1. The highest BCUT2D eigenvalue weighted by Crippen LogP contribution is 2.32. The average molecular weight is 377 g/mol. The second kappa shape index (κ2) is 10.6. The van der Waals surface area contributed by atoms with Gasteiger partial charge in [-0.3, -0.25) is 4.79 Å². The van der Waals surface area contributed by atoms with Crippen molar-refractivity contribution in [3.8, 4) is 0 Å². The molecule has 0 bridgehead atoms. The van der Waals surface area contributed by atoms with Crippen molar-refractivity contribution in [1.29, 1.82) is 0 Å². The molecule has 0 aliphatic heterocycles. The SMILES string of the molecule is CCNC(=NCc1ccc(F)cc1C(F)(F)F)NCCCC(=O)OCC. The molecule has 26 heavy (non-hydrogen) atoms. The van der Waals surface area contributed by atoms with E-state index < -0.39 is 17.6 Å². The zero-order valence-electron chi connectivity index (χ0n) is 14.8. The van der Waals surface area contributed by atoms with Crippen LogP contribution in [0.25, 0.3) is 0 Å². The van der Waals surface area contributed by atoms with E-state index in [1.165, 1.54) is 0 Å². The van der Waals surface area contributed by atoms with Crippen molar-refractivity contribution in [2.45, 2.75) is 39.4 Å². The molecule has 1 aromatic carbocycles. The van der Waals surface area contributed by atoms with E-state index in [1.54, 1.807) is 6.92 Å². The number of carbonyl (C=O) groups is 1. The highest BCUT2D eigenvalue weighted by Gasteiger charge is 2.33. The number of esters is 1. The highest BCUT2D eigenvalue weighted by atomic mass is 19.4. The third-order valence-electron chi connectivity index (χ3n) is 3.28. The van der Waals surface area contributed by atoms with Gasteiger partial charge >= 0.3 is 12.1 Å². The lowest BCUT2D eigenvalue weighted by molar-refractivity contribution is -0.143. The molecule has 0 aromatic heterocycles. The minimum Gasteiger partial charge on any atom is -0.466 e. The zero-order valence-corrected chi connectivity index (χ0v) is 14.8. The first-order valence-corrected chi connectivity index (χ1v) is 8.31. The first kappa shape index (κ1) is 21.7. The van der Waals surface area contributed by atoms with Crippen molar-refractivity contribution in [3.63, 3.8) is 0 Å². The Morgan fingerprint density at radius 3 is 2.58 bits per heavy atom. The van der Waals surface area contributed by atoms with Crippen molar-refractivity contribution < 1.29 is 27.1 Å². The molecule has 1 aromatic rings. The molecular weight excluding hydrogens is 354 g/mol. The van der Waals surface area contributed by atoms with Crippen LogP contribution in [0.2, 0.25) is 0 Å². The molecule has 146 valence electrons. The van der Waals surface area contributed by atoms with Crippen LogP contribution in [-0.2, 0) is 22.3 Å². The Balaban J connectivity index is 2.71. The van der Waals surface area contributed by atoms with Gasteiger partial charge in [0, 0.05) is 19.5 Å². The van der Waals surface area contributed by atoms with E-state index in [-0.39, 0.29) is 24.5 Å². The molecule has 0 aliphatic rings. The Morgan fingerprint density at radius 2 is 1.96 bits per heavy atom. The Bertz CT molecular complexity index is 619. The summed E-state index contributed by atoms with van der Waals surface area (Å²) >= 11 is 0. The van der Waals surface area contributed by atoms with E-state index in [0.717, 1.165) is 12.1 Å². The number of rotatable bonds is 8. The van der Waals surface area contributed by atoms with Crippen LogP contribution < -0.4 is 10.6 Å². The summed E-state index contributed by atoms with van der Waals surface area (Å²) in [6.45, 7) is 4.50. The first-order chi connectivity index (χ1) is 12.3. The topological polar surface area (TPSA) is 62.7 Å². The van der Waals surface area contributed by atoms with Gasteiger partial charge in [0.25, 0.3) is 0 Å². The van der Waals surface area contributed by atoms with Gasteiger partial charge in [-0.15, -0.1) is 0 Å². The van der Waals surface area contributed by atoms with E-state index in [1.807, 2.05) is 6.92 Å². The normalized spacial score (nSPS) is 12.0. The van der Waals surface area contributed by atoms with Gasteiger partial charge in [0.1, 0.15) is 5.82 Å². The Hall–Kier alpha value is -2.32. The number of hydrogen-bond donors (Lipinski definition) is 2. The Morgan fingerprint density at radius 1 is 1.23 bits per heavy atom. The minimum absolute atomic E-state index is 0.123. The van der Waals surface area contributed by atoms with Gasteiger partial charge in [-0.1, -0.05) is 6.07 Å². The monoisotopic (exact) mass is 377 g/mol. The molecule has 0 spiro atoms. The molecule has 0 atom stereocenters. The van der Waals surface area contributed by atoms with E-state index in [2.05, 4.69) is 15.6 Å². The molecule has 0 radical (unpaired) electrons. The third kappa shape index (κ3) is 7.71. The van der Waals surface area contributed by atoms with Crippen LogP contribution in [0.4, 0.5) is 17.6 Å². The maximum absolute atomic E-state index is 13.1. The van der Waals surface area contributed by atoms with Gasteiger partial charge in [-0.25, -0.2) is 9.38 Å². The molecule has 0 fully saturated rings. The fourth-order valence-corrected chi connectivity index (χ4v) is 2.13. The summed E-state index contributed by atoms with van der Waals surface area (Å²) < 4.78 is 56.9. The largest absolute Gasteiger partial charge is 0.466 e. The average Bonchev–Trinajstić information content (AvgIpc) is 2.56. The van der Waals surface area contributed by atoms with E-state index in [0.29, 0.717) is 38.1 Å². The van der Waals surface area contributed by atoms with E-state index in [4.69, 9.17) is 4.74 Å². The third-order valence-corrected chi connectivity index (χ3v) is 3.28. The molecule has 0 unspecified atom stereocenters. The number of hydrogen-bond acceptors (Lipinski definition) is 3. The number of carbonyl (C=O) groups excluding carboxylic acids is 1. The lowest BCUT2D eigenvalue weighted by Gasteiger charge is -2.14. The fraction of sp³-hybridized carbons (Fsp3) is 0.529. The number of alkyl halides is 3. The van der Waals surface area contributed by atoms with Gasteiger partial charge in [-0.2, -0.15) is 13.2 Å². The van der Waals surface area contributed by atoms with Gasteiger partial charge in [0.15, 0.2) is 5.96 Å². The second-order valence-electron chi connectivity index (χ2n) is 5.33. The molecule has 0 saturated carbocycles. The molecule has 1 rings (SSSR count). The van der Waals surface area contributed by atoms with Gasteiger partial charge in [0.2, 0.25) is 0 Å². The quantitative estimate of drug-likeness (QED) is 0.240. The molecule has 5 nitrogen and oxygen atoms in total. The summed E-state index contributed by atoms with van der Waals surface area (Å²) in [5, 5.41) is 5.84. The lowest BCUT2D eigenvalue weighted by atomic mass is 10.1. The standard InChI is InChI=1S/C17H23F4N3O2/c1-3-22-16(23-9-5-6-15(25)26-4-2)24-11-12-7-8-13(18)10-14(12)17(19,20)21/h7-8,10H,3-6,9,11H2,1-2H3,(H2,22,23,24). The number of nitrogens with zero attached hydrogens (tertiary/aromatic N) is 1. The van der Waals surface area contributed by atoms with Crippen LogP contribution >= 0.6 is 0 Å². The molecular formula is C17H23F4N3O2. The second-order valence-corrected chi connectivity index (χ2v) is 5.33. The number of guanidine groups is 1. The van der Waals surface area contributed by atoms with Crippen molar-refractivity contribution in [2.24, 2.45) is 4.99 Å². The van der Waals surface area contributed by atoms with Crippen molar-refractivity contribution in [1.82, 2.24) is 10.6 Å².